The van der Waals surface area contributed by atoms with Crippen LogP contribution in [0.4, 0.5) is 0 Å². The van der Waals surface area contributed by atoms with E-state index in [1.54, 1.807) is 13.8 Å². The molecule has 5 aliphatic rings. The van der Waals surface area contributed by atoms with Crippen LogP contribution in [-0.4, -0.2) is 34.9 Å². The van der Waals surface area contributed by atoms with E-state index in [1.165, 1.54) is 31.3 Å². The quantitative estimate of drug-likeness (QED) is 0.258. The standard InChI is InChI=1S/C36H58O5/c1-22-12-17-36(21-37)19-18-34(8)24(29(36)23(22)2)10-11-26-33(7)15-14-27(41-28(38)20-31(3,4)30(39)40)32(5,6)25(33)13-16-35(26,34)9/h12,23-27,29,37H,10-11,13-21H2,1-9H3,(H,39,40)/t23-,24?,25?,26?,27+,29?,33+,34-,35-,36-/m1/s1. The van der Waals surface area contributed by atoms with E-state index in [1.807, 2.05) is 0 Å². The van der Waals surface area contributed by atoms with Crippen molar-refractivity contribution < 1.29 is 24.5 Å². The average Bonchev–Trinajstić information content (AvgIpc) is 2.88. The third-order valence-electron chi connectivity index (χ3n) is 15.0. The van der Waals surface area contributed by atoms with Crippen molar-refractivity contribution in [3.63, 3.8) is 0 Å². The van der Waals surface area contributed by atoms with Gasteiger partial charge in [-0.3, -0.25) is 9.59 Å². The Hall–Kier alpha value is -1.36. The number of aliphatic hydroxyl groups excluding tert-OH is 1. The lowest BCUT2D eigenvalue weighted by atomic mass is 9.31. The summed E-state index contributed by atoms with van der Waals surface area (Å²) < 4.78 is 6.13. The fourth-order valence-electron chi connectivity index (χ4n) is 12.1. The molecule has 0 heterocycles. The lowest BCUT2D eigenvalue weighted by Crippen LogP contribution is -2.67. The van der Waals surface area contributed by atoms with Crippen molar-refractivity contribution in [2.45, 2.75) is 133 Å². The molecule has 2 N–H and O–H groups in total. The van der Waals surface area contributed by atoms with Gasteiger partial charge in [-0.1, -0.05) is 53.2 Å². The zero-order valence-corrected chi connectivity index (χ0v) is 27.4. The van der Waals surface area contributed by atoms with Crippen LogP contribution in [0.3, 0.4) is 0 Å². The van der Waals surface area contributed by atoms with Gasteiger partial charge in [-0.2, -0.15) is 0 Å². The molecule has 5 rings (SSSR count). The van der Waals surface area contributed by atoms with Gasteiger partial charge in [0.2, 0.25) is 0 Å². The van der Waals surface area contributed by atoms with Crippen molar-refractivity contribution in [1.82, 2.24) is 0 Å². The average molecular weight is 571 g/mol. The van der Waals surface area contributed by atoms with Crippen LogP contribution in [0.5, 0.6) is 0 Å². The second kappa shape index (κ2) is 9.83. The first-order valence-electron chi connectivity index (χ1n) is 16.6. The van der Waals surface area contributed by atoms with E-state index in [2.05, 4.69) is 54.5 Å². The van der Waals surface area contributed by atoms with Crippen molar-refractivity contribution in [1.29, 1.82) is 0 Å². The fourth-order valence-corrected chi connectivity index (χ4v) is 12.1. The fraction of sp³-hybridized carbons (Fsp3) is 0.889. The van der Waals surface area contributed by atoms with Gasteiger partial charge in [-0.05, 0) is 124 Å². The Labute approximate surface area is 249 Å². The highest BCUT2D eigenvalue weighted by Gasteiger charge is 2.70. The second-order valence-corrected chi connectivity index (χ2v) is 17.4. The zero-order valence-electron chi connectivity index (χ0n) is 27.4. The van der Waals surface area contributed by atoms with Crippen molar-refractivity contribution in [2.75, 3.05) is 6.61 Å². The Morgan fingerprint density at radius 3 is 2.27 bits per heavy atom. The van der Waals surface area contributed by atoms with Gasteiger partial charge >= 0.3 is 11.9 Å². The molecule has 0 saturated heterocycles. The maximum Gasteiger partial charge on any atom is 0.309 e. The number of ether oxygens (including phenoxy) is 1. The molecule has 0 amide bonds. The molecule has 0 radical (unpaired) electrons. The highest BCUT2D eigenvalue weighted by molar-refractivity contribution is 5.81. The van der Waals surface area contributed by atoms with E-state index >= 15 is 0 Å². The van der Waals surface area contributed by atoms with Crippen LogP contribution < -0.4 is 0 Å². The molecule has 0 bridgehead atoms. The van der Waals surface area contributed by atoms with Gasteiger partial charge in [-0.25, -0.2) is 0 Å². The van der Waals surface area contributed by atoms with Gasteiger partial charge in [0.25, 0.3) is 0 Å². The summed E-state index contributed by atoms with van der Waals surface area (Å²) >= 11 is 0. The monoisotopic (exact) mass is 570 g/mol. The number of aliphatic hydroxyl groups is 1. The van der Waals surface area contributed by atoms with Gasteiger partial charge < -0.3 is 14.9 Å². The van der Waals surface area contributed by atoms with Gasteiger partial charge in [0.1, 0.15) is 6.10 Å². The molecule has 5 nitrogen and oxygen atoms in total. The molecule has 0 spiro atoms. The molecule has 232 valence electrons. The van der Waals surface area contributed by atoms with Crippen LogP contribution in [0.1, 0.15) is 127 Å². The number of carbonyl (C=O) groups is 2. The molecule has 41 heavy (non-hydrogen) atoms. The Balaban J connectivity index is 1.41. The largest absolute Gasteiger partial charge is 0.481 e. The molecule has 4 fully saturated rings. The highest BCUT2D eigenvalue weighted by atomic mass is 16.5. The van der Waals surface area contributed by atoms with Gasteiger partial charge in [0.15, 0.2) is 0 Å². The first-order valence-corrected chi connectivity index (χ1v) is 16.6. The van der Waals surface area contributed by atoms with Crippen molar-refractivity contribution in [3.05, 3.63) is 11.6 Å². The summed E-state index contributed by atoms with van der Waals surface area (Å²) in [5, 5.41) is 20.3. The summed E-state index contributed by atoms with van der Waals surface area (Å²) in [7, 11) is 0. The van der Waals surface area contributed by atoms with E-state index in [9.17, 15) is 19.8 Å². The maximum absolute atomic E-state index is 12.9. The van der Waals surface area contributed by atoms with Crippen molar-refractivity contribution in [3.8, 4) is 0 Å². The zero-order chi connectivity index (χ0) is 30.4. The van der Waals surface area contributed by atoms with Crippen LogP contribution >= 0.6 is 0 Å². The smallest absolute Gasteiger partial charge is 0.309 e. The highest BCUT2D eigenvalue weighted by Crippen LogP contribution is 2.76. The van der Waals surface area contributed by atoms with E-state index in [4.69, 9.17) is 4.74 Å². The molecule has 4 unspecified atom stereocenters. The van der Waals surface area contributed by atoms with Gasteiger partial charge in [0, 0.05) is 17.4 Å². The minimum absolute atomic E-state index is 0.0482. The third kappa shape index (κ3) is 4.32. The number of esters is 1. The molecular weight excluding hydrogens is 512 g/mol. The van der Waals surface area contributed by atoms with E-state index in [0.29, 0.717) is 36.2 Å². The van der Waals surface area contributed by atoms with Crippen LogP contribution in [0.15, 0.2) is 11.6 Å². The molecule has 5 heteroatoms. The summed E-state index contributed by atoms with van der Waals surface area (Å²) in [6.45, 7) is 20.7. The maximum atomic E-state index is 12.9. The van der Waals surface area contributed by atoms with E-state index in [-0.39, 0.29) is 45.6 Å². The molecule has 0 aromatic heterocycles. The molecule has 0 aromatic carbocycles. The SMILES string of the molecule is CC1=CC[C@]2(CO)CC[C@]3(C)C(CCC4[C@@]5(C)CC[C@H](OC(=O)CC(C)(C)C(=O)O)C(C)(C)C5CC[C@]43C)C2[C@@H]1C. The van der Waals surface area contributed by atoms with Crippen LogP contribution in [0, 0.1) is 62.1 Å². The van der Waals surface area contributed by atoms with Crippen LogP contribution in [-0.2, 0) is 14.3 Å². The normalized spacial score (nSPS) is 47.1. The first-order chi connectivity index (χ1) is 18.9. The van der Waals surface area contributed by atoms with Crippen LogP contribution in [0.25, 0.3) is 0 Å². The Bertz CT molecular complexity index is 1110. The summed E-state index contributed by atoms with van der Waals surface area (Å²) in [6.07, 6.45) is 12.3. The number of fused-ring (bicyclic) bond motifs is 7. The molecule has 5 aliphatic carbocycles. The minimum atomic E-state index is -1.12. The summed E-state index contributed by atoms with van der Waals surface area (Å²) in [5.41, 5.74) is 0.987. The minimum Gasteiger partial charge on any atom is -0.481 e. The Kier molecular flexibility index (Phi) is 7.45. The number of hydrogen-bond acceptors (Lipinski definition) is 4. The predicted octanol–water partition coefficient (Wildman–Crippen LogP) is 8.05. The van der Waals surface area contributed by atoms with Crippen molar-refractivity contribution >= 4 is 11.9 Å². The number of carbonyl (C=O) groups excluding carboxylic acids is 1. The molecule has 0 aliphatic heterocycles. The van der Waals surface area contributed by atoms with Gasteiger partial charge in [-0.15, -0.1) is 0 Å². The number of aliphatic carboxylic acids is 1. The third-order valence-corrected chi connectivity index (χ3v) is 15.0. The number of carboxylic acid groups (broad SMARTS) is 1. The van der Waals surface area contributed by atoms with Gasteiger partial charge in [0.05, 0.1) is 11.8 Å². The number of hydrogen-bond donors (Lipinski definition) is 2. The van der Waals surface area contributed by atoms with E-state index < -0.39 is 11.4 Å². The van der Waals surface area contributed by atoms with Crippen LogP contribution in [0.2, 0.25) is 0 Å². The molecule has 0 aromatic rings. The summed E-state index contributed by atoms with van der Waals surface area (Å²) in [6, 6.07) is 0. The Morgan fingerprint density at radius 2 is 1.63 bits per heavy atom. The summed E-state index contributed by atoms with van der Waals surface area (Å²) in [4.78, 5) is 24.6. The predicted molar refractivity (Wildman–Crippen MR) is 162 cm³/mol. The first kappa shape index (κ1) is 31.1. The number of carboxylic acids is 1. The summed E-state index contributed by atoms with van der Waals surface area (Å²) in [5.74, 6) is 1.48. The molecular formula is C36H58O5. The van der Waals surface area contributed by atoms with Crippen molar-refractivity contribution in [2.24, 2.45) is 62.1 Å². The van der Waals surface area contributed by atoms with E-state index in [0.717, 1.165) is 32.1 Å². The molecule has 4 saturated carbocycles. The lowest BCUT2D eigenvalue weighted by Gasteiger charge is -2.73. The molecule has 10 atom stereocenters. The number of rotatable bonds is 5. The Morgan fingerprint density at radius 1 is 0.951 bits per heavy atom. The second-order valence-electron chi connectivity index (χ2n) is 17.4. The lowest BCUT2D eigenvalue weighted by molar-refractivity contribution is -0.256. The number of allylic oxidation sites excluding steroid dienone is 2. The topological polar surface area (TPSA) is 83.8 Å².